The largest absolute Gasteiger partial charge is 0.369 e. The molecule has 5 heteroatoms. The maximum atomic E-state index is 11.7. The van der Waals surface area contributed by atoms with Gasteiger partial charge in [-0.25, -0.2) is 0 Å². The van der Waals surface area contributed by atoms with E-state index in [1.807, 2.05) is 24.3 Å². The molecule has 0 saturated carbocycles. The average molecular weight is 330 g/mol. The molecule has 1 unspecified atom stereocenters. The van der Waals surface area contributed by atoms with E-state index in [4.69, 9.17) is 5.73 Å². The number of anilines is 1. The van der Waals surface area contributed by atoms with Gasteiger partial charge in [0, 0.05) is 22.2 Å². The maximum absolute atomic E-state index is 11.7. The van der Waals surface area contributed by atoms with Gasteiger partial charge in [-0.05, 0) is 40.8 Å². The van der Waals surface area contributed by atoms with E-state index in [9.17, 15) is 9.59 Å². The lowest BCUT2D eigenvalue weighted by Crippen LogP contribution is -2.28. The fourth-order valence-corrected chi connectivity index (χ4v) is 2.32. The van der Waals surface area contributed by atoms with E-state index >= 15 is 0 Å². The highest BCUT2D eigenvalue weighted by molar-refractivity contribution is 14.1. The van der Waals surface area contributed by atoms with Gasteiger partial charge in [-0.2, -0.15) is 0 Å². The summed E-state index contributed by atoms with van der Waals surface area (Å²) in [6.45, 7) is 0.397. The Morgan fingerprint density at radius 2 is 2.25 bits per heavy atom. The van der Waals surface area contributed by atoms with Crippen molar-refractivity contribution in [2.75, 3.05) is 11.4 Å². The van der Waals surface area contributed by atoms with E-state index < -0.39 is 5.91 Å². The number of nitrogens with zero attached hydrogens (tertiary/aromatic N) is 1. The molecule has 0 bridgehead atoms. The topological polar surface area (TPSA) is 63.4 Å². The molecule has 1 aromatic carbocycles. The van der Waals surface area contributed by atoms with Crippen LogP contribution < -0.4 is 10.6 Å². The van der Waals surface area contributed by atoms with Gasteiger partial charge in [0.15, 0.2) is 0 Å². The molecule has 1 aliphatic rings. The van der Waals surface area contributed by atoms with Crippen LogP contribution >= 0.6 is 22.6 Å². The predicted octanol–water partition coefficient (Wildman–Crippen LogP) is 1.13. The lowest BCUT2D eigenvalue weighted by Gasteiger charge is -2.16. The Bertz CT molecular complexity index is 447. The summed E-state index contributed by atoms with van der Waals surface area (Å²) < 4.78 is 1.06. The number of primary amides is 1. The third-order valence-electron chi connectivity index (χ3n) is 2.65. The van der Waals surface area contributed by atoms with Gasteiger partial charge >= 0.3 is 0 Å². The fraction of sp³-hybridized carbons (Fsp3) is 0.273. The number of hydrogen-bond donors (Lipinski definition) is 1. The molecule has 1 saturated heterocycles. The zero-order valence-electron chi connectivity index (χ0n) is 8.52. The summed E-state index contributed by atoms with van der Waals surface area (Å²) in [7, 11) is 0. The minimum Gasteiger partial charge on any atom is -0.369 e. The van der Waals surface area contributed by atoms with Crippen molar-refractivity contribution in [2.45, 2.75) is 6.42 Å². The summed E-state index contributed by atoms with van der Waals surface area (Å²) in [5.41, 5.74) is 6.04. The maximum Gasteiger partial charge on any atom is 0.227 e. The van der Waals surface area contributed by atoms with Crippen molar-refractivity contribution in [3.05, 3.63) is 27.8 Å². The Morgan fingerprint density at radius 1 is 1.50 bits per heavy atom. The van der Waals surface area contributed by atoms with Gasteiger partial charge in [0.05, 0.1) is 5.92 Å². The van der Waals surface area contributed by atoms with Crippen LogP contribution in [0.25, 0.3) is 0 Å². The molecule has 0 aromatic heterocycles. The first-order valence-corrected chi connectivity index (χ1v) is 6.01. The Balaban J connectivity index is 2.23. The van der Waals surface area contributed by atoms with Crippen LogP contribution in [0.4, 0.5) is 5.69 Å². The van der Waals surface area contributed by atoms with Gasteiger partial charge in [0.2, 0.25) is 11.8 Å². The number of nitrogens with two attached hydrogens (primary N) is 1. The summed E-state index contributed by atoms with van der Waals surface area (Å²) in [6.07, 6.45) is 0.223. The van der Waals surface area contributed by atoms with Crippen molar-refractivity contribution < 1.29 is 9.59 Å². The van der Waals surface area contributed by atoms with Crippen LogP contribution in [-0.2, 0) is 9.59 Å². The number of hydrogen-bond acceptors (Lipinski definition) is 2. The molecule has 16 heavy (non-hydrogen) atoms. The van der Waals surface area contributed by atoms with E-state index in [0.29, 0.717) is 6.54 Å². The molecule has 1 atom stereocenters. The van der Waals surface area contributed by atoms with Crippen molar-refractivity contribution in [3.63, 3.8) is 0 Å². The minimum absolute atomic E-state index is 0.0363. The number of carbonyl (C=O) groups excluding carboxylic acids is 2. The number of benzene rings is 1. The van der Waals surface area contributed by atoms with E-state index in [0.717, 1.165) is 9.26 Å². The standard InChI is InChI=1S/C11H11IN2O2/c12-8-2-1-3-9(5-8)14-6-7(11(13)16)4-10(14)15/h1-3,5,7H,4,6H2,(H2,13,16). The molecule has 0 radical (unpaired) electrons. The van der Waals surface area contributed by atoms with Gasteiger partial charge < -0.3 is 10.6 Å². The number of halogens is 1. The predicted molar refractivity (Wildman–Crippen MR) is 68.8 cm³/mol. The molecule has 1 aromatic rings. The number of amides is 2. The van der Waals surface area contributed by atoms with Crippen LogP contribution in [0.2, 0.25) is 0 Å². The van der Waals surface area contributed by atoms with E-state index in [1.54, 1.807) is 4.90 Å². The zero-order valence-corrected chi connectivity index (χ0v) is 10.7. The molecular formula is C11H11IN2O2. The molecule has 0 aliphatic carbocycles. The van der Waals surface area contributed by atoms with Crippen LogP contribution in [-0.4, -0.2) is 18.4 Å². The highest BCUT2D eigenvalue weighted by Gasteiger charge is 2.33. The first-order chi connectivity index (χ1) is 7.58. The molecule has 2 amide bonds. The fourth-order valence-electron chi connectivity index (χ4n) is 1.79. The molecule has 1 fully saturated rings. The summed E-state index contributed by atoms with van der Waals surface area (Å²) in [5.74, 6) is -0.794. The van der Waals surface area contributed by atoms with Crippen molar-refractivity contribution in [2.24, 2.45) is 11.7 Å². The average Bonchev–Trinajstić information content (AvgIpc) is 2.60. The third kappa shape index (κ3) is 2.18. The summed E-state index contributed by atoms with van der Waals surface area (Å²) in [4.78, 5) is 24.4. The van der Waals surface area contributed by atoms with Crippen molar-refractivity contribution >= 4 is 40.1 Å². The highest BCUT2D eigenvalue weighted by atomic mass is 127. The van der Waals surface area contributed by atoms with Crippen LogP contribution in [0, 0.1) is 9.49 Å². The smallest absolute Gasteiger partial charge is 0.227 e. The first kappa shape index (κ1) is 11.4. The normalized spacial score (nSPS) is 20.2. The quantitative estimate of drug-likeness (QED) is 0.827. The first-order valence-electron chi connectivity index (χ1n) is 4.93. The Labute approximate surface area is 107 Å². The molecule has 84 valence electrons. The Kier molecular flexibility index (Phi) is 3.13. The monoisotopic (exact) mass is 330 g/mol. The van der Waals surface area contributed by atoms with Gasteiger partial charge in [-0.15, -0.1) is 0 Å². The molecular weight excluding hydrogens is 319 g/mol. The van der Waals surface area contributed by atoms with Crippen molar-refractivity contribution in [3.8, 4) is 0 Å². The van der Waals surface area contributed by atoms with Crippen LogP contribution in [0.3, 0.4) is 0 Å². The van der Waals surface area contributed by atoms with E-state index in [1.165, 1.54) is 0 Å². The van der Waals surface area contributed by atoms with Gasteiger partial charge in [-0.3, -0.25) is 9.59 Å². The Hall–Kier alpha value is -1.11. The number of carbonyl (C=O) groups is 2. The number of rotatable bonds is 2. The molecule has 2 N–H and O–H groups in total. The molecule has 1 heterocycles. The second kappa shape index (κ2) is 4.40. The van der Waals surface area contributed by atoms with Gasteiger partial charge in [0.25, 0.3) is 0 Å². The third-order valence-corrected chi connectivity index (χ3v) is 3.32. The second-order valence-corrected chi connectivity index (χ2v) is 5.03. The summed E-state index contributed by atoms with van der Waals surface area (Å²) in [5, 5.41) is 0. The van der Waals surface area contributed by atoms with Crippen molar-refractivity contribution in [1.29, 1.82) is 0 Å². The second-order valence-electron chi connectivity index (χ2n) is 3.79. The lowest BCUT2D eigenvalue weighted by molar-refractivity contribution is -0.123. The van der Waals surface area contributed by atoms with Crippen LogP contribution in [0.1, 0.15) is 6.42 Å². The Morgan fingerprint density at radius 3 is 2.81 bits per heavy atom. The van der Waals surface area contributed by atoms with Crippen molar-refractivity contribution in [1.82, 2.24) is 0 Å². The van der Waals surface area contributed by atoms with Gasteiger partial charge in [0.1, 0.15) is 0 Å². The van der Waals surface area contributed by atoms with Gasteiger partial charge in [-0.1, -0.05) is 6.07 Å². The summed E-state index contributed by atoms with van der Waals surface area (Å²) in [6, 6.07) is 7.63. The zero-order chi connectivity index (χ0) is 11.7. The minimum atomic E-state index is -0.401. The van der Waals surface area contributed by atoms with Crippen LogP contribution in [0.5, 0.6) is 0 Å². The molecule has 2 rings (SSSR count). The molecule has 1 aliphatic heterocycles. The summed E-state index contributed by atoms with van der Waals surface area (Å²) >= 11 is 2.19. The highest BCUT2D eigenvalue weighted by Crippen LogP contribution is 2.25. The van der Waals surface area contributed by atoms with E-state index in [-0.39, 0.29) is 18.2 Å². The molecule has 4 nitrogen and oxygen atoms in total. The van der Waals surface area contributed by atoms with Crippen LogP contribution in [0.15, 0.2) is 24.3 Å². The molecule has 0 spiro atoms. The lowest BCUT2D eigenvalue weighted by atomic mass is 10.1. The SMILES string of the molecule is NC(=O)C1CC(=O)N(c2cccc(I)c2)C1. The van der Waals surface area contributed by atoms with E-state index in [2.05, 4.69) is 22.6 Å².